The van der Waals surface area contributed by atoms with Gasteiger partial charge in [0.15, 0.2) is 11.6 Å². The molecule has 2 aromatic heterocycles. The molecule has 0 aliphatic rings. The molecule has 0 unspecified atom stereocenters. The predicted octanol–water partition coefficient (Wildman–Crippen LogP) is 5.63. The van der Waals surface area contributed by atoms with Crippen molar-refractivity contribution in [2.45, 2.75) is 26.3 Å². The molecule has 7 nitrogen and oxygen atoms in total. The first-order chi connectivity index (χ1) is 16.8. The van der Waals surface area contributed by atoms with Crippen molar-refractivity contribution >= 4 is 28.4 Å². The summed E-state index contributed by atoms with van der Waals surface area (Å²) >= 11 is 0. The Balaban J connectivity index is 1.88. The van der Waals surface area contributed by atoms with Crippen LogP contribution in [0.3, 0.4) is 0 Å². The second kappa shape index (κ2) is 9.88. The number of phenols is 1. The van der Waals surface area contributed by atoms with Crippen LogP contribution in [0.15, 0.2) is 59.5 Å². The smallest absolute Gasteiger partial charge is 0.324 e. The number of hydrogen-bond donors (Lipinski definition) is 3. The van der Waals surface area contributed by atoms with Gasteiger partial charge >= 0.3 is 6.03 Å². The number of benzene rings is 2. The van der Waals surface area contributed by atoms with E-state index in [4.69, 9.17) is 0 Å². The summed E-state index contributed by atoms with van der Waals surface area (Å²) < 4.78 is 42.8. The number of aryl methyl sites for hydroxylation is 1. The molecule has 2 aromatic carbocycles. The summed E-state index contributed by atoms with van der Waals surface area (Å²) in [6.45, 7) is 2.28. The zero-order valence-electron chi connectivity index (χ0n) is 18.6. The first kappa shape index (κ1) is 23.8. The van der Waals surface area contributed by atoms with Crippen LogP contribution in [0.2, 0.25) is 0 Å². The number of anilines is 2. The van der Waals surface area contributed by atoms with Crippen molar-refractivity contribution in [3.8, 4) is 16.9 Å². The van der Waals surface area contributed by atoms with Crippen LogP contribution < -0.4 is 16.2 Å². The minimum absolute atomic E-state index is 0.0689. The molecule has 0 radical (unpaired) electrons. The Hall–Kier alpha value is -4.34. The second-order valence-corrected chi connectivity index (χ2v) is 7.81. The molecule has 0 aliphatic heterocycles. The third-order valence-corrected chi connectivity index (χ3v) is 5.37. The summed E-state index contributed by atoms with van der Waals surface area (Å²) in [7, 11) is 0. The lowest BCUT2D eigenvalue weighted by molar-refractivity contribution is 0.262. The van der Waals surface area contributed by atoms with Crippen LogP contribution in [0.1, 0.15) is 19.8 Å². The van der Waals surface area contributed by atoms with E-state index in [-0.39, 0.29) is 17.0 Å². The standard InChI is InChI=1S/C25H21F3N4O3/c1-2-3-10-32-23-17(8-5-9-29-23)20(14-6-4-7-16(33)11-14)22(24(32)34)31-25(35)30-21-18(27)12-15(26)13-19(21)28/h4-9,11-13,33H,2-3,10H2,1H3,(H2,30,31,35). The topological polar surface area (TPSA) is 96.2 Å². The maximum Gasteiger partial charge on any atom is 0.324 e. The average molecular weight is 482 g/mol. The number of carbonyl (C=O) groups excluding carboxylic acids is 1. The second-order valence-electron chi connectivity index (χ2n) is 7.81. The number of pyridine rings is 2. The molecule has 180 valence electrons. The molecule has 2 amide bonds. The van der Waals surface area contributed by atoms with E-state index in [1.54, 1.807) is 24.3 Å². The number of rotatable bonds is 6. The van der Waals surface area contributed by atoms with Crippen molar-refractivity contribution in [2.75, 3.05) is 10.6 Å². The van der Waals surface area contributed by atoms with Gasteiger partial charge in [0.1, 0.15) is 28.6 Å². The van der Waals surface area contributed by atoms with Crippen molar-refractivity contribution in [1.82, 2.24) is 9.55 Å². The van der Waals surface area contributed by atoms with Crippen LogP contribution in [0.25, 0.3) is 22.2 Å². The minimum atomic E-state index is -1.31. The fourth-order valence-corrected chi connectivity index (χ4v) is 3.80. The number of fused-ring (bicyclic) bond motifs is 1. The van der Waals surface area contributed by atoms with Gasteiger partial charge in [-0.15, -0.1) is 0 Å². The van der Waals surface area contributed by atoms with Crippen LogP contribution in [-0.2, 0) is 6.54 Å². The molecule has 2 heterocycles. The number of amides is 2. The highest BCUT2D eigenvalue weighted by molar-refractivity contribution is 6.07. The van der Waals surface area contributed by atoms with Gasteiger partial charge in [0.2, 0.25) is 0 Å². The van der Waals surface area contributed by atoms with Crippen LogP contribution in [0, 0.1) is 17.5 Å². The van der Waals surface area contributed by atoms with E-state index < -0.39 is 34.7 Å². The van der Waals surface area contributed by atoms with E-state index in [1.165, 1.54) is 22.9 Å². The number of unbranched alkanes of at least 4 members (excludes halogenated alkanes) is 1. The number of nitrogens with zero attached hydrogens (tertiary/aromatic N) is 2. The number of urea groups is 1. The van der Waals surface area contributed by atoms with Gasteiger partial charge < -0.3 is 15.7 Å². The van der Waals surface area contributed by atoms with E-state index in [0.29, 0.717) is 41.7 Å². The zero-order chi connectivity index (χ0) is 25.1. The normalized spacial score (nSPS) is 11.0. The first-order valence-electron chi connectivity index (χ1n) is 10.8. The summed E-state index contributed by atoms with van der Waals surface area (Å²) in [5.74, 6) is -3.83. The highest BCUT2D eigenvalue weighted by Crippen LogP contribution is 2.34. The molecule has 0 atom stereocenters. The number of phenolic OH excluding ortho intramolecular Hbond substituents is 1. The Morgan fingerprint density at radius 2 is 1.74 bits per heavy atom. The largest absolute Gasteiger partial charge is 0.508 e. The molecule has 0 bridgehead atoms. The Labute approximate surface area is 197 Å². The maximum atomic E-state index is 14.1. The first-order valence-corrected chi connectivity index (χ1v) is 10.8. The monoisotopic (exact) mass is 482 g/mol. The number of nitrogens with one attached hydrogen (secondary N) is 2. The molecule has 0 aliphatic carbocycles. The van der Waals surface area contributed by atoms with Gasteiger partial charge in [-0.1, -0.05) is 25.5 Å². The van der Waals surface area contributed by atoms with Crippen molar-refractivity contribution < 1.29 is 23.1 Å². The summed E-state index contributed by atoms with van der Waals surface area (Å²) in [6, 6.07) is 9.20. The van der Waals surface area contributed by atoms with E-state index in [1.807, 2.05) is 12.2 Å². The quantitative estimate of drug-likeness (QED) is 0.332. The summed E-state index contributed by atoms with van der Waals surface area (Å²) in [4.78, 5) is 30.7. The molecule has 35 heavy (non-hydrogen) atoms. The summed E-state index contributed by atoms with van der Waals surface area (Å²) in [6.07, 6.45) is 2.99. The van der Waals surface area contributed by atoms with Gasteiger partial charge in [-0.3, -0.25) is 9.36 Å². The Morgan fingerprint density at radius 1 is 1.03 bits per heavy atom. The summed E-state index contributed by atoms with van der Waals surface area (Å²) in [5.41, 5.74) is -0.553. The molecule has 0 saturated carbocycles. The van der Waals surface area contributed by atoms with Gasteiger partial charge in [-0.25, -0.2) is 22.9 Å². The van der Waals surface area contributed by atoms with Crippen molar-refractivity contribution in [2.24, 2.45) is 0 Å². The molecular weight excluding hydrogens is 461 g/mol. The molecule has 10 heteroatoms. The van der Waals surface area contributed by atoms with E-state index in [2.05, 4.69) is 10.3 Å². The third kappa shape index (κ3) is 4.81. The van der Waals surface area contributed by atoms with Gasteiger partial charge in [0, 0.05) is 35.8 Å². The lowest BCUT2D eigenvalue weighted by Gasteiger charge is -2.18. The van der Waals surface area contributed by atoms with Gasteiger partial charge in [-0.05, 0) is 36.2 Å². The van der Waals surface area contributed by atoms with E-state index in [9.17, 15) is 27.9 Å². The number of hydrogen-bond acceptors (Lipinski definition) is 4. The molecule has 4 rings (SSSR count). The van der Waals surface area contributed by atoms with Gasteiger partial charge in [0.05, 0.1) is 0 Å². The minimum Gasteiger partial charge on any atom is -0.508 e. The number of halogens is 3. The molecular formula is C25H21F3N4O3. The third-order valence-electron chi connectivity index (χ3n) is 5.37. The highest BCUT2D eigenvalue weighted by Gasteiger charge is 2.22. The van der Waals surface area contributed by atoms with Crippen LogP contribution in [-0.4, -0.2) is 20.7 Å². The predicted molar refractivity (Wildman–Crippen MR) is 127 cm³/mol. The Morgan fingerprint density at radius 3 is 2.43 bits per heavy atom. The molecule has 0 spiro atoms. The van der Waals surface area contributed by atoms with Crippen LogP contribution in [0.4, 0.5) is 29.3 Å². The van der Waals surface area contributed by atoms with Crippen molar-refractivity contribution in [3.63, 3.8) is 0 Å². The summed E-state index contributed by atoms with van der Waals surface area (Å²) in [5, 5.41) is 14.9. The highest BCUT2D eigenvalue weighted by atomic mass is 19.1. The fraction of sp³-hybridized carbons (Fsp3) is 0.160. The molecule has 0 fully saturated rings. The van der Waals surface area contributed by atoms with Gasteiger partial charge in [0.25, 0.3) is 5.56 Å². The zero-order valence-corrected chi connectivity index (χ0v) is 18.6. The van der Waals surface area contributed by atoms with Crippen molar-refractivity contribution in [1.29, 1.82) is 0 Å². The molecule has 4 aromatic rings. The molecule has 0 saturated heterocycles. The number of carbonyl (C=O) groups is 1. The number of aromatic nitrogens is 2. The van der Waals surface area contributed by atoms with Gasteiger partial charge in [-0.2, -0.15) is 0 Å². The van der Waals surface area contributed by atoms with Crippen molar-refractivity contribution in [3.05, 3.63) is 82.5 Å². The fourth-order valence-electron chi connectivity index (χ4n) is 3.80. The lowest BCUT2D eigenvalue weighted by atomic mass is 10.00. The Kier molecular flexibility index (Phi) is 6.72. The maximum absolute atomic E-state index is 14.1. The number of aromatic hydroxyl groups is 1. The van der Waals surface area contributed by atoms with Crippen LogP contribution in [0.5, 0.6) is 5.75 Å². The molecule has 3 N–H and O–H groups in total. The lowest BCUT2D eigenvalue weighted by Crippen LogP contribution is -2.30. The van der Waals surface area contributed by atoms with E-state index in [0.717, 1.165) is 6.42 Å². The SMILES string of the molecule is CCCCn1c(=O)c(NC(=O)Nc2c(F)cc(F)cc2F)c(-c2cccc(O)c2)c2cccnc21. The van der Waals surface area contributed by atoms with Crippen LogP contribution >= 0.6 is 0 Å². The average Bonchev–Trinajstić information content (AvgIpc) is 2.81. The van der Waals surface area contributed by atoms with E-state index >= 15 is 0 Å². The Bertz CT molecular complexity index is 1460.